The smallest absolute Gasteiger partial charge is 0.0951 e. The number of rotatable bonds is 7. The minimum atomic E-state index is 0.624. The van der Waals surface area contributed by atoms with E-state index < -0.39 is 0 Å². The molecule has 0 spiro atoms. The summed E-state index contributed by atoms with van der Waals surface area (Å²) >= 11 is 0. The molecule has 0 unspecified atom stereocenters. The van der Waals surface area contributed by atoms with Crippen molar-refractivity contribution in [2.75, 3.05) is 6.54 Å². The van der Waals surface area contributed by atoms with Crippen LogP contribution in [0, 0.1) is 0 Å². The molecule has 3 N–H and O–H groups in total. The van der Waals surface area contributed by atoms with Gasteiger partial charge >= 0.3 is 0 Å². The number of aliphatic imine (C=N–C) groups is 1. The average molecular weight is 281 g/mol. The third-order valence-corrected chi connectivity index (χ3v) is 2.76. The largest absolute Gasteiger partial charge is 0.402 e. The maximum atomic E-state index is 6.00. The van der Waals surface area contributed by atoms with Gasteiger partial charge in [-0.2, -0.15) is 0 Å². The first kappa shape index (κ1) is 16.5. The number of nitrogens with zero attached hydrogens (tertiary/aromatic N) is 1. The van der Waals surface area contributed by atoms with Gasteiger partial charge in [0.15, 0.2) is 0 Å². The minimum absolute atomic E-state index is 0.624. The summed E-state index contributed by atoms with van der Waals surface area (Å²) in [7, 11) is 0. The highest BCUT2D eigenvalue weighted by molar-refractivity contribution is 6.14. The first-order valence-electron chi connectivity index (χ1n) is 6.87. The van der Waals surface area contributed by atoms with Crippen LogP contribution in [0.15, 0.2) is 83.7 Å². The molecule has 0 aromatic heterocycles. The van der Waals surface area contributed by atoms with Crippen LogP contribution in [0.3, 0.4) is 0 Å². The fraction of sp³-hybridized carbons (Fsp3) is 0.167. The fourth-order valence-electron chi connectivity index (χ4n) is 1.76. The van der Waals surface area contributed by atoms with Gasteiger partial charge in [-0.25, -0.2) is 4.99 Å². The molecule has 0 fully saturated rings. The zero-order chi connectivity index (χ0) is 15.7. The van der Waals surface area contributed by atoms with Crippen LogP contribution in [0.1, 0.15) is 13.8 Å². The molecule has 1 aromatic carbocycles. The van der Waals surface area contributed by atoms with Gasteiger partial charge in [-0.3, -0.25) is 0 Å². The van der Waals surface area contributed by atoms with Crippen molar-refractivity contribution in [3.05, 3.63) is 78.7 Å². The molecule has 21 heavy (non-hydrogen) atoms. The third-order valence-electron chi connectivity index (χ3n) is 2.76. The normalized spacial score (nSPS) is 13.0. The molecule has 3 heteroatoms. The molecular formula is C18H23N3. The number of hydrogen-bond acceptors (Lipinski definition) is 3. The van der Waals surface area contributed by atoms with Gasteiger partial charge in [0.05, 0.1) is 17.1 Å². The second-order valence-electron chi connectivity index (χ2n) is 4.54. The van der Waals surface area contributed by atoms with Gasteiger partial charge in [-0.15, -0.1) is 6.58 Å². The highest BCUT2D eigenvalue weighted by atomic mass is 14.9. The third kappa shape index (κ3) is 5.15. The SMILES string of the molecule is C=CCNC(=C)C(=Nc1ccccc1)C(C=CC)=C(C)N. The summed E-state index contributed by atoms with van der Waals surface area (Å²) in [6.45, 7) is 12.2. The molecule has 0 aliphatic carbocycles. The Bertz CT molecular complexity index is 574. The Morgan fingerprint density at radius 3 is 2.52 bits per heavy atom. The quantitative estimate of drug-likeness (QED) is 0.453. The van der Waals surface area contributed by atoms with Crippen LogP contribution >= 0.6 is 0 Å². The van der Waals surface area contributed by atoms with E-state index in [0.717, 1.165) is 22.7 Å². The van der Waals surface area contributed by atoms with Gasteiger partial charge in [-0.1, -0.05) is 43.0 Å². The van der Waals surface area contributed by atoms with Gasteiger partial charge in [0.2, 0.25) is 0 Å². The maximum absolute atomic E-state index is 6.00. The maximum Gasteiger partial charge on any atom is 0.0951 e. The van der Waals surface area contributed by atoms with Gasteiger partial charge in [0, 0.05) is 17.8 Å². The molecule has 3 nitrogen and oxygen atoms in total. The summed E-state index contributed by atoms with van der Waals surface area (Å²) < 4.78 is 0. The predicted molar refractivity (Wildman–Crippen MR) is 92.6 cm³/mol. The van der Waals surface area contributed by atoms with Crippen LogP contribution in [-0.2, 0) is 0 Å². The molecule has 0 aliphatic rings. The summed E-state index contributed by atoms with van der Waals surface area (Å²) in [5, 5.41) is 3.18. The Morgan fingerprint density at radius 1 is 1.33 bits per heavy atom. The van der Waals surface area contributed by atoms with E-state index >= 15 is 0 Å². The van der Waals surface area contributed by atoms with Crippen molar-refractivity contribution in [2.24, 2.45) is 10.7 Å². The molecular weight excluding hydrogens is 258 g/mol. The zero-order valence-electron chi connectivity index (χ0n) is 12.8. The highest BCUT2D eigenvalue weighted by Gasteiger charge is 2.11. The molecule has 1 aromatic rings. The lowest BCUT2D eigenvalue weighted by Crippen LogP contribution is -2.22. The summed E-state index contributed by atoms with van der Waals surface area (Å²) in [6.07, 6.45) is 5.66. The Hall–Kier alpha value is -2.55. The lowest BCUT2D eigenvalue weighted by atomic mass is 10.1. The standard InChI is InChI=1S/C18H23N3/c1-5-10-17(14(3)19)18(15(4)20-13-6-2)21-16-11-8-7-9-12-16/h5-12,20H,2,4,13,19H2,1,3H3. The van der Waals surface area contributed by atoms with Gasteiger partial charge in [0.25, 0.3) is 0 Å². The number of allylic oxidation sites excluding steroid dienone is 4. The van der Waals surface area contributed by atoms with Crippen LogP contribution < -0.4 is 11.1 Å². The molecule has 0 amide bonds. The Kier molecular flexibility index (Phi) is 6.75. The fourth-order valence-corrected chi connectivity index (χ4v) is 1.76. The van der Waals surface area contributed by atoms with Crippen molar-refractivity contribution < 1.29 is 0 Å². The molecule has 0 aliphatic heterocycles. The van der Waals surface area contributed by atoms with E-state index in [0.29, 0.717) is 12.2 Å². The van der Waals surface area contributed by atoms with Crippen LogP contribution in [0.2, 0.25) is 0 Å². The highest BCUT2D eigenvalue weighted by Crippen LogP contribution is 2.17. The van der Waals surface area contributed by atoms with Crippen molar-refractivity contribution in [1.82, 2.24) is 5.32 Å². The van der Waals surface area contributed by atoms with Gasteiger partial charge < -0.3 is 11.1 Å². The topological polar surface area (TPSA) is 50.4 Å². The Morgan fingerprint density at radius 2 is 2.00 bits per heavy atom. The molecule has 0 bridgehead atoms. The summed E-state index contributed by atoms with van der Waals surface area (Å²) in [5.41, 5.74) is 9.88. The molecule has 1 rings (SSSR count). The number of para-hydroxylation sites is 1. The van der Waals surface area contributed by atoms with E-state index in [4.69, 9.17) is 5.73 Å². The van der Waals surface area contributed by atoms with Crippen molar-refractivity contribution in [1.29, 1.82) is 0 Å². The van der Waals surface area contributed by atoms with E-state index in [9.17, 15) is 0 Å². The second kappa shape index (κ2) is 8.59. The molecule has 0 atom stereocenters. The molecule has 0 heterocycles. The first-order chi connectivity index (χ1) is 10.1. The van der Waals surface area contributed by atoms with Crippen LogP contribution in [0.5, 0.6) is 0 Å². The number of nitrogens with two attached hydrogens (primary N) is 1. The molecule has 0 saturated heterocycles. The number of benzene rings is 1. The van der Waals surface area contributed by atoms with Crippen molar-refractivity contribution >= 4 is 11.4 Å². The number of hydrogen-bond donors (Lipinski definition) is 2. The summed E-state index contributed by atoms with van der Waals surface area (Å²) in [6, 6.07) is 9.75. The second-order valence-corrected chi connectivity index (χ2v) is 4.54. The van der Waals surface area contributed by atoms with Crippen LogP contribution in [-0.4, -0.2) is 12.3 Å². The molecule has 110 valence electrons. The molecule has 0 radical (unpaired) electrons. The van der Waals surface area contributed by atoms with E-state index in [1.54, 1.807) is 6.08 Å². The van der Waals surface area contributed by atoms with Crippen molar-refractivity contribution in [3.8, 4) is 0 Å². The van der Waals surface area contributed by atoms with Gasteiger partial charge in [-0.05, 0) is 26.0 Å². The lowest BCUT2D eigenvalue weighted by Gasteiger charge is -2.14. The predicted octanol–water partition coefficient (Wildman–Crippen LogP) is 3.86. The van der Waals surface area contributed by atoms with E-state index in [2.05, 4.69) is 23.5 Å². The monoisotopic (exact) mass is 281 g/mol. The van der Waals surface area contributed by atoms with E-state index in [-0.39, 0.29) is 0 Å². The van der Waals surface area contributed by atoms with E-state index in [1.165, 1.54) is 0 Å². The minimum Gasteiger partial charge on any atom is -0.402 e. The first-order valence-corrected chi connectivity index (χ1v) is 6.87. The lowest BCUT2D eigenvalue weighted by molar-refractivity contribution is 0.954. The Balaban J connectivity index is 3.29. The molecule has 0 saturated carbocycles. The summed E-state index contributed by atoms with van der Waals surface area (Å²) in [5.74, 6) is 0. The van der Waals surface area contributed by atoms with Gasteiger partial charge in [0.1, 0.15) is 0 Å². The van der Waals surface area contributed by atoms with E-state index in [1.807, 2.05) is 56.3 Å². The van der Waals surface area contributed by atoms with Crippen molar-refractivity contribution in [2.45, 2.75) is 13.8 Å². The Labute approximate surface area is 127 Å². The zero-order valence-corrected chi connectivity index (χ0v) is 12.8. The van der Waals surface area contributed by atoms with Crippen molar-refractivity contribution in [3.63, 3.8) is 0 Å². The van der Waals surface area contributed by atoms with Crippen LogP contribution in [0.4, 0.5) is 5.69 Å². The van der Waals surface area contributed by atoms with Crippen LogP contribution in [0.25, 0.3) is 0 Å². The average Bonchev–Trinajstić information content (AvgIpc) is 2.49. The number of nitrogens with one attached hydrogen (secondary N) is 1. The summed E-state index contributed by atoms with van der Waals surface area (Å²) in [4.78, 5) is 4.68.